The fourth-order valence-corrected chi connectivity index (χ4v) is 4.95. The van der Waals surface area contributed by atoms with E-state index in [9.17, 15) is 9.59 Å². The van der Waals surface area contributed by atoms with Gasteiger partial charge >= 0.3 is 0 Å². The highest BCUT2D eigenvalue weighted by Gasteiger charge is 2.43. The van der Waals surface area contributed by atoms with Gasteiger partial charge in [-0.2, -0.15) is 0 Å². The second-order valence-corrected chi connectivity index (χ2v) is 8.43. The van der Waals surface area contributed by atoms with Crippen molar-refractivity contribution < 1.29 is 14.3 Å². The summed E-state index contributed by atoms with van der Waals surface area (Å²) in [6.45, 7) is 2.77. The number of piperazine rings is 2. The molecule has 4 rings (SSSR count). The summed E-state index contributed by atoms with van der Waals surface area (Å²) in [5, 5.41) is 3.04. The van der Waals surface area contributed by atoms with Gasteiger partial charge in [0.2, 0.25) is 11.8 Å². The Kier molecular flexibility index (Phi) is 5.85. The van der Waals surface area contributed by atoms with Crippen LogP contribution in [0.4, 0.5) is 0 Å². The van der Waals surface area contributed by atoms with E-state index in [-0.39, 0.29) is 23.9 Å². The second kappa shape index (κ2) is 8.52. The number of amides is 2. The van der Waals surface area contributed by atoms with Gasteiger partial charge in [-0.1, -0.05) is 44.2 Å². The molecule has 2 atom stereocenters. The van der Waals surface area contributed by atoms with Crippen molar-refractivity contribution in [2.45, 2.75) is 57.2 Å². The minimum atomic E-state index is -0.366. The van der Waals surface area contributed by atoms with Gasteiger partial charge in [-0.3, -0.25) is 14.5 Å². The second-order valence-electron chi connectivity index (χ2n) is 8.43. The Morgan fingerprint density at radius 3 is 2.75 bits per heavy atom. The molecule has 2 heterocycles. The van der Waals surface area contributed by atoms with Gasteiger partial charge in [0, 0.05) is 26.2 Å². The summed E-state index contributed by atoms with van der Waals surface area (Å²) >= 11 is 0. The van der Waals surface area contributed by atoms with E-state index in [0.717, 1.165) is 30.8 Å². The highest BCUT2D eigenvalue weighted by Crippen LogP contribution is 2.29. The van der Waals surface area contributed by atoms with Crippen LogP contribution < -0.4 is 10.1 Å². The number of fused-ring (bicyclic) bond motifs is 1. The summed E-state index contributed by atoms with van der Waals surface area (Å²) in [7, 11) is 1.67. The predicted molar refractivity (Wildman–Crippen MR) is 107 cm³/mol. The molecule has 6 nitrogen and oxygen atoms in total. The fourth-order valence-electron chi connectivity index (χ4n) is 4.95. The highest BCUT2D eigenvalue weighted by atomic mass is 16.5. The highest BCUT2D eigenvalue weighted by molar-refractivity contribution is 5.97. The van der Waals surface area contributed by atoms with E-state index in [4.69, 9.17) is 4.74 Å². The first-order valence-corrected chi connectivity index (χ1v) is 10.6. The third-order valence-electron chi connectivity index (χ3n) is 6.50. The van der Waals surface area contributed by atoms with Crippen molar-refractivity contribution >= 4 is 11.8 Å². The van der Waals surface area contributed by atoms with E-state index in [2.05, 4.69) is 16.3 Å². The first-order chi connectivity index (χ1) is 13.6. The number of nitrogens with zero attached hydrogens (tertiary/aromatic N) is 2. The lowest BCUT2D eigenvalue weighted by atomic mass is 9.84. The van der Waals surface area contributed by atoms with Crippen LogP contribution in [0.15, 0.2) is 24.3 Å². The lowest BCUT2D eigenvalue weighted by molar-refractivity contribution is -0.153. The molecule has 152 valence electrons. The molecule has 2 amide bonds. The van der Waals surface area contributed by atoms with Crippen LogP contribution in [0.5, 0.6) is 5.75 Å². The van der Waals surface area contributed by atoms with Crippen molar-refractivity contribution in [3.8, 4) is 5.75 Å². The Hall–Kier alpha value is -2.08. The number of nitrogens with one attached hydrogen (secondary N) is 1. The molecule has 0 bridgehead atoms. The zero-order valence-corrected chi connectivity index (χ0v) is 16.7. The van der Waals surface area contributed by atoms with Crippen molar-refractivity contribution in [1.29, 1.82) is 0 Å². The molecule has 0 spiro atoms. The zero-order valence-electron chi connectivity index (χ0n) is 16.7. The molecule has 0 radical (unpaired) electrons. The lowest BCUT2D eigenvalue weighted by Crippen LogP contribution is -2.69. The number of hydrogen-bond acceptors (Lipinski definition) is 4. The predicted octanol–water partition coefficient (Wildman–Crippen LogP) is 2.18. The maximum atomic E-state index is 13.0. The standard InChI is InChI=1S/C22H31N3O3/c1-28-18-9-5-8-17(12-18)14-24-10-11-25-20(15-24)21(26)23-19(22(25)27)13-16-6-3-2-4-7-16/h5,8-9,12,16,19-20H,2-4,6-7,10-11,13-15H2,1H3,(H,23,26)/t19-,20+/m0/s1. The van der Waals surface area contributed by atoms with Crippen molar-refractivity contribution in [2.75, 3.05) is 26.7 Å². The van der Waals surface area contributed by atoms with Gasteiger partial charge in [0.1, 0.15) is 17.8 Å². The summed E-state index contributed by atoms with van der Waals surface area (Å²) in [5.41, 5.74) is 1.16. The first kappa shape index (κ1) is 19.2. The molecule has 3 aliphatic rings. The molecular formula is C22H31N3O3. The summed E-state index contributed by atoms with van der Waals surface area (Å²) < 4.78 is 5.30. The molecule has 1 aromatic rings. The van der Waals surface area contributed by atoms with Crippen LogP contribution in [0, 0.1) is 5.92 Å². The summed E-state index contributed by atoms with van der Waals surface area (Å²) in [6, 6.07) is 7.32. The van der Waals surface area contributed by atoms with Crippen LogP contribution in [0.3, 0.4) is 0 Å². The van der Waals surface area contributed by atoms with Crippen LogP contribution in [-0.2, 0) is 16.1 Å². The molecule has 28 heavy (non-hydrogen) atoms. The molecule has 3 fully saturated rings. The largest absolute Gasteiger partial charge is 0.497 e. The molecule has 0 aromatic heterocycles. The zero-order chi connectivity index (χ0) is 19.5. The molecule has 2 aliphatic heterocycles. The Morgan fingerprint density at radius 1 is 1.14 bits per heavy atom. The van der Waals surface area contributed by atoms with Gasteiger partial charge in [-0.15, -0.1) is 0 Å². The maximum Gasteiger partial charge on any atom is 0.245 e. The minimum Gasteiger partial charge on any atom is -0.497 e. The van der Waals surface area contributed by atoms with E-state index in [1.54, 1.807) is 7.11 Å². The summed E-state index contributed by atoms with van der Waals surface area (Å²) in [4.78, 5) is 29.9. The molecule has 0 unspecified atom stereocenters. The van der Waals surface area contributed by atoms with Crippen molar-refractivity contribution in [1.82, 2.24) is 15.1 Å². The molecule has 2 saturated heterocycles. The Labute approximate surface area is 167 Å². The monoisotopic (exact) mass is 385 g/mol. The quantitative estimate of drug-likeness (QED) is 0.844. The van der Waals surface area contributed by atoms with Crippen LogP contribution in [0.1, 0.15) is 44.1 Å². The smallest absolute Gasteiger partial charge is 0.245 e. The van der Waals surface area contributed by atoms with E-state index >= 15 is 0 Å². The van der Waals surface area contributed by atoms with Gasteiger partial charge in [-0.05, 0) is 30.0 Å². The number of carbonyl (C=O) groups is 2. The number of rotatable bonds is 5. The van der Waals surface area contributed by atoms with Gasteiger partial charge in [0.15, 0.2) is 0 Å². The van der Waals surface area contributed by atoms with Crippen molar-refractivity contribution in [2.24, 2.45) is 5.92 Å². The normalized spacial score (nSPS) is 26.7. The van der Waals surface area contributed by atoms with Crippen LogP contribution >= 0.6 is 0 Å². The van der Waals surface area contributed by atoms with Gasteiger partial charge < -0.3 is 15.0 Å². The number of hydrogen-bond donors (Lipinski definition) is 1. The third kappa shape index (κ3) is 4.17. The van der Waals surface area contributed by atoms with Crippen LogP contribution in [-0.4, -0.2) is 60.4 Å². The number of benzene rings is 1. The Morgan fingerprint density at radius 2 is 1.96 bits per heavy atom. The molecule has 6 heteroatoms. The third-order valence-corrected chi connectivity index (χ3v) is 6.50. The van der Waals surface area contributed by atoms with Crippen molar-refractivity contribution in [3.05, 3.63) is 29.8 Å². The molecule has 1 aliphatic carbocycles. The summed E-state index contributed by atoms with van der Waals surface area (Å²) in [5.74, 6) is 1.55. The van der Waals surface area contributed by atoms with E-state index in [1.165, 1.54) is 32.1 Å². The fraction of sp³-hybridized carbons (Fsp3) is 0.636. The van der Waals surface area contributed by atoms with E-state index < -0.39 is 0 Å². The Bertz CT molecular complexity index is 717. The number of ether oxygens (including phenoxy) is 1. The molecular weight excluding hydrogens is 354 g/mol. The molecule has 1 N–H and O–H groups in total. The van der Waals surface area contributed by atoms with Gasteiger partial charge in [-0.25, -0.2) is 0 Å². The van der Waals surface area contributed by atoms with Crippen LogP contribution in [0.2, 0.25) is 0 Å². The summed E-state index contributed by atoms with van der Waals surface area (Å²) in [6.07, 6.45) is 7.01. The van der Waals surface area contributed by atoms with E-state index in [0.29, 0.717) is 19.0 Å². The molecule has 1 saturated carbocycles. The maximum absolute atomic E-state index is 13.0. The lowest BCUT2D eigenvalue weighted by Gasteiger charge is -2.46. The average molecular weight is 386 g/mol. The average Bonchev–Trinajstić information content (AvgIpc) is 2.73. The van der Waals surface area contributed by atoms with E-state index in [1.807, 2.05) is 23.1 Å². The van der Waals surface area contributed by atoms with Gasteiger partial charge in [0.05, 0.1) is 7.11 Å². The van der Waals surface area contributed by atoms with Crippen molar-refractivity contribution in [3.63, 3.8) is 0 Å². The van der Waals surface area contributed by atoms with Crippen LogP contribution in [0.25, 0.3) is 0 Å². The number of carbonyl (C=O) groups excluding carboxylic acids is 2. The topological polar surface area (TPSA) is 61.9 Å². The Balaban J connectivity index is 1.37. The first-order valence-electron chi connectivity index (χ1n) is 10.6. The SMILES string of the molecule is COc1cccc(CN2CCN3C(=O)[C@H](CC4CCCCC4)NC(=O)[C@H]3C2)c1. The van der Waals surface area contributed by atoms with Gasteiger partial charge in [0.25, 0.3) is 0 Å². The molecule has 1 aromatic carbocycles. The number of methoxy groups -OCH3 is 1. The minimum absolute atomic E-state index is 0.00996.